The molecule has 1 N–H and O–H groups in total. The number of allylic oxidation sites excluding steroid dienone is 2. The minimum absolute atomic E-state index is 0.247. The summed E-state index contributed by atoms with van der Waals surface area (Å²) < 4.78 is 4.97. The summed E-state index contributed by atoms with van der Waals surface area (Å²) in [6.07, 6.45) is 6.40. The lowest BCUT2D eigenvalue weighted by Crippen LogP contribution is -2.21. The number of ether oxygens (including phenoxy) is 1. The summed E-state index contributed by atoms with van der Waals surface area (Å²) >= 11 is 5.98. The SMILES string of the molecule is Cc1ccc(NC(=O)COC(=O)C[C@@H]2C=CCC2)cc1Cl. The van der Waals surface area contributed by atoms with Crippen molar-refractivity contribution < 1.29 is 14.3 Å². The Morgan fingerprint density at radius 1 is 1.43 bits per heavy atom. The Morgan fingerprint density at radius 3 is 2.90 bits per heavy atom. The van der Waals surface area contributed by atoms with Crippen molar-refractivity contribution in [3.8, 4) is 0 Å². The van der Waals surface area contributed by atoms with Crippen LogP contribution in [0.4, 0.5) is 5.69 Å². The van der Waals surface area contributed by atoms with E-state index in [9.17, 15) is 9.59 Å². The minimum Gasteiger partial charge on any atom is -0.456 e. The van der Waals surface area contributed by atoms with Gasteiger partial charge in [-0.25, -0.2) is 0 Å². The van der Waals surface area contributed by atoms with Crippen molar-refractivity contribution in [2.45, 2.75) is 26.2 Å². The highest BCUT2D eigenvalue weighted by molar-refractivity contribution is 6.31. The summed E-state index contributed by atoms with van der Waals surface area (Å²) in [6.45, 7) is 1.61. The molecule has 0 unspecified atom stereocenters. The molecule has 1 aromatic carbocycles. The highest BCUT2D eigenvalue weighted by Crippen LogP contribution is 2.21. The van der Waals surface area contributed by atoms with Crippen LogP contribution in [0, 0.1) is 12.8 Å². The third-order valence-corrected chi connectivity index (χ3v) is 3.77. The smallest absolute Gasteiger partial charge is 0.306 e. The van der Waals surface area contributed by atoms with Crippen LogP contribution in [-0.2, 0) is 14.3 Å². The molecule has 1 aromatic rings. The fourth-order valence-corrected chi connectivity index (χ4v) is 2.33. The molecule has 0 heterocycles. The quantitative estimate of drug-likeness (QED) is 0.669. The number of hydrogen-bond acceptors (Lipinski definition) is 3. The van der Waals surface area contributed by atoms with Crippen LogP contribution in [0.2, 0.25) is 5.02 Å². The van der Waals surface area contributed by atoms with Gasteiger partial charge in [0.15, 0.2) is 6.61 Å². The summed E-state index contributed by atoms with van der Waals surface area (Å²) in [4.78, 5) is 23.3. The van der Waals surface area contributed by atoms with Gasteiger partial charge in [-0.3, -0.25) is 9.59 Å². The highest BCUT2D eigenvalue weighted by atomic mass is 35.5. The van der Waals surface area contributed by atoms with Gasteiger partial charge in [0.25, 0.3) is 5.91 Å². The third-order valence-electron chi connectivity index (χ3n) is 3.36. The van der Waals surface area contributed by atoms with Crippen LogP contribution in [0.25, 0.3) is 0 Å². The van der Waals surface area contributed by atoms with Crippen molar-refractivity contribution >= 4 is 29.2 Å². The maximum absolute atomic E-state index is 11.7. The van der Waals surface area contributed by atoms with Gasteiger partial charge >= 0.3 is 5.97 Å². The molecule has 0 aliphatic heterocycles. The molecule has 0 aromatic heterocycles. The van der Waals surface area contributed by atoms with Gasteiger partial charge in [0.1, 0.15) is 0 Å². The predicted octanol–water partition coefficient (Wildman–Crippen LogP) is 3.49. The van der Waals surface area contributed by atoms with Gasteiger partial charge in [-0.15, -0.1) is 0 Å². The van der Waals surface area contributed by atoms with Crippen molar-refractivity contribution in [2.75, 3.05) is 11.9 Å². The van der Waals surface area contributed by atoms with Crippen LogP contribution in [0.3, 0.4) is 0 Å². The molecule has 0 fully saturated rings. The van der Waals surface area contributed by atoms with Crippen LogP contribution >= 0.6 is 11.6 Å². The van der Waals surface area contributed by atoms with E-state index in [2.05, 4.69) is 11.4 Å². The van der Waals surface area contributed by atoms with Gasteiger partial charge in [0.2, 0.25) is 0 Å². The molecule has 0 spiro atoms. The molecule has 0 radical (unpaired) electrons. The monoisotopic (exact) mass is 307 g/mol. The largest absolute Gasteiger partial charge is 0.456 e. The second kappa shape index (κ2) is 7.27. The zero-order chi connectivity index (χ0) is 15.2. The standard InChI is InChI=1S/C16H18ClNO3/c1-11-6-7-13(9-14(11)17)18-15(19)10-21-16(20)8-12-4-2-3-5-12/h2,4,6-7,9,12H,3,5,8,10H2,1H3,(H,18,19)/t12-/m1/s1. The first kappa shape index (κ1) is 15.6. The molecule has 5 heteroatoms. The Balaban J connectivity index is 1.75. The number of benzene rings is 1. The number of aryl methyl sites for hydroxylation is 1. The van der Waals surface area contributed by atoms with Gasteiger partial charge < -0.3 is 10.1 Å². The number of nitrogens with one attached hydrogen (secondary N) is 1. The lowest BCUT2D eigenvalue weighted by Gasteiger charge is -2.09. The van der Waals surface area contributed by atoms with E-state index in [-0.39, 0.29) is 24.4 Å². The lowest BCUT2D eigenvalue weighted by atomic mass is 10.1. The summed E-state index contributed by atoms with van der Waals surface area (Å²) in [5.41, 5.74) is 1.52. The molecule has 0 bridgehead atoms. The maximum Gasteiger partial charge on any atom is 0.306 e. The fraction of sp³-hybridized carbons (Fsp3) is 0.375. The first-order valence-electron chi connectivity index (χ1n) is 6.93. The number of anilines is 1. The molecule has 4 nitrogen and oxygen atoms in total. The summed E-state index contributed by atoms with van der Waals surface area (Å²) in [5, 5.41) is 3.23. The highest BCUT2D eigenvalue weighted by Gasteiger charge is 2.16. The first-order valence-corrected chi connectivity index (χ1v) is 7.30. The van der Waals surface area contributed by atoms with Gasteiger partial charge in [0, 0.05) is 10.7 Å². The van der Waals surface area contributed by atoms with Crippen molar-refractivity contribution in [3.05, 3.63) is 40.9 Å². The van der Waals surface area contributed by atoms with Gasteiger partial charge in [-0.1, -0.05) is 29.8 Å². The second-order valence-corrected chi connectivity index (χ2v) is 5.55. The number of carbonyl (C=O) groups is 2. The van der Waals surface area contributed by atoms with E-state index < -0.39 is 0 Å². The first-order chi connectivity index (χ1) is 10.0. The van der Waals surface area contributed by atoms with Crippen LogP contribution < -0.4 is 5.32 Å². The van der Waals surface area contributed by atoms with Gasteiger partial charge in [-0.2, -0.15) is 0 Å². The van der Waals surface area contributed by atoms with Gasteiger partial charge in [-0.05, 0) is 43.4 Å². The molecular weight excluding hydrogens is 290 g/mol. The van der Waals surface area contributed by atoms with E-state index in [0.29, 0.717) is 17.1 Å². The molecule has 0 saturated carbocycles. The van der Waals surface area contributed by atoms with E-state index in [1.165, 1.54) is 0 Å². The zero-order valence-electron chi connectivity index (χ0n) is 11.9. The number of amides is 1. The van der Waals surface area contributed by atoms with Crippen molar-refractivity contribution in [1.29, 1.82) is 0 Å². The fourth-order valence-electron chi connectivity index (χ4n) is 2.15. The molecule has 1 atom stereocenters. The van der Waals surface area contributed by atoms with Crippen molar-refractivity contribution in [1.82, 2.24) is 0 Å². The summed E-state index contributed by atoms with van der Waals surface area (Å²) in [6, 6.07) is 5.24. The number of hydrogen-bond donors (Lipinski definition) is 1. The Kier molecular flexibility index (Phi) is 5.39. The summed E-state index contributed by atoms with van der Waals surface area (Å²) in [7, 11) is 0. The van der Waals surface area contributed by atoms with Crippen LogP contribution in [0.5, 0.6) is 0 Å². The Labute approximate surface area is 129 Å². The Bertz CT molecular complexity index is 569. The topological polar surface area (TPSA) is 55.4 Å². The van der Waals surface area contributed by atoms with Crippen LogP contribution in [0.1, 0.15) is 24.8 Å². The number of carbonyl (C=O) groups excluding carboxylic acids is 2. The normalized spacial score (nSPS) is 16.8. The Morgan fingerprint density at radius 2 is 2.24 bits per heavy atom. The van der Waals surface area contributed by atoms with E-state index in [1.807, 2.05) is 19.1 Å². The van der Waals surface area contributed by atoms with Crippen LogP contribution in [-0.4, -0.2) is 18.5 Å². The van der Waals surface area contributed by atoms with Crippen molar-refractivity contribution in [3.63, 3.8) is 0 Å². The average Bonchev–Trinajstić information content (AvgIpc) is 2.93. The minimum atomic E-state index is -0.370. The number of halogens is 1. The molecule has 1 amide bonds. The lowest BCUT2D eigenvalue weighted by molar-refractivity contribution is -0.147. The predicted molar refractivity (Wildman–Crippen MR) is 82.3 cm³/mol. The summed E-state index contributed by atoms with van der Waals surface area (Å²) in [5.74, 6) is -0.467. The molecule has 2 rings (SSSR count). The van der Waals surface area contributed by atoms with E-state index in [4.69, 9.17) is 16.3 Å². The molecule has 1 aliphatic rings. The number of esters is 1. The third kappa shape index (κ3) is 4.90. The number of rotatable bonds is 5. The second-order valence-electron chi connectivity index (χ2n) is 5.14. The molecule has 112 valence electrons. The van der Waals surface area contributed by atoms with Crippen LogP contribution in [0.15, 0.2) is 30.4 Å². The van der Waals surface area contributed by atoms with E-state index in [1.54, 1.807) is 12.1 Å². The molecule has 21 heavy (non-hydrogen) atoms. The maximum atomic E-state index is 11.7. The van der Waals surface area contributed by atoms with E-state index >= 15 is 0 Å². The van der Waals surface area contributed by atoms with E-state index in [0.717, 1.165) is 18.4 Å². The molecule has 0 saturated heterocycles. The zero-order valence-corrected chi connectivity index (χ0v) is 12.7. The Hall–Kier alpha value is -1.81. The molecule has 1 aliphatic carbocycles. The van der Waals surface area contributed by atoms with Gasteiger partial charge in [0.05, 0.1) is 6.42 Å². The molecular formula is C16H18ClNO3. The van der Waals surface area contributed by atoms with Crippen molar-refractivity contribution in [2.24, 2.45) is 5.92 Å². The average molecular weight is 308 g/mol.